The Morgan fingerprint density at radius 1 is 1.64 bits per heavy atom. The molecule has 0 unspecified atom stereocenters. The van der Waals surface area contributed by atoms with Crippen LogP contribution in [0.15, 0.2) is 12.3 Å². The van der Waals surface area contributed by atoms with Crippen LogP contribution in [0.25, 0.3) is 0 Å². The highest BCUT2D eigenvalue weighted by molar-refractivity contribution is 6.46. The monoisotopic (exact) mass is 151 g/mol. The molecule has 0 radical (unpaired) electrons. The standard InChI is InChI=1S/C7H10BNO2/c1-5-3-7(11-2)9-4-6(5)8-10/h3-4,8,10H,1-2H3. The Morgan fingerprint density at radius 3 is 2.82 bits per heavy atom. The first-order valence-corrected chi connectivity index (χ1v) is 3.38. The van der Waals surface area contributed by atoms with Crippen molar-refractivity contribution in [2.24, 2.45) is 0 Å². The lowest BCUT2D eigenvalue weighted by atomic mass is 9.87. The van der Waals surface area contributed by atoms with E-state index in [4.69, 9.17) is 9.76 Å². The summed E-state index contributed by atoms with van der Waals surface area (Å²) in [6, 6.07) is 1.80. The van der Waals surface area contributed by atoms with Crippen LogP contribution in [-0.2, 0) is 0 Å². The Kier molecular flexibility index (Phi) is 2.49. The summed E-state index contributed by atoms with van der Waals surface area (Å²) < 4.78 is 4.90. The molecule has 3 nitrogen and oxygen atoms in total. The highest BCUT2D eigenvalue weighted by Gasteiger charge is 2.00. The van der Waals surface area contributed by atoms with Gasteiger partial charge in [0.15, 0.2) is 0 Å². The van der Waals surface area contributed by atoms with Gasteiger partial charge in [0.25, 0.3) is 0 Å². The quantitative estimate of drug-likeness (QED) is 0.572. The highest BCUT2D eigenvalue weighted by atomic mass is 16.5. The van der Waals surface area contributed by atoms with E-state index in [1.165, 1.54) is 0 Å². The number of methoxy groups -OCH3 is 1. The molecule has 0 bridgehead atoms. The van der Waals surface area contributed by atoms with Gasteiger partial charge >= 0.3 is 7.48 Å². The predicted molar refractivity (Wildman–Crippen MR) is 44.5 cm³/mol. The summed E-state index contributed by atoms with van der Waals surface area (Å²) in [6.45, 7) is 1.91. The van der Waals surface area contributed by atoms with Crippen molar-refractivity contribution in [1.82, 2.24) is 4.98 Å². The fraction of sp³-hybridized carbons (Fsp3) is 0.286. The lowest BCUT2D eigenvalue weighted by Crippen LogP contribution is -2.17. The van der Waals surface area contributed by atoms with Gasteiger partial charge in [0.05, 0.1) is 7.11 Å². The van der Waals surface area contributed by atoms with Gasteiger partial charge in [-0.3, -0.25) is 0 Å². The molecule has 0 saturated carbocycles. The lowest BCUT2D eigenvalue weighted by Gasteiger charge is -2.02. The maximum Gasteiger partial charge on any atom is 0.306 e. The molecule has 58 valence electrons. The molecule has 4 heteroatoms. The van der Waals surface area contributed by atoms with Crippen LogP contribution in [0.3, 0.4) is 0 Å². The second-order valence-corrected chi connectivity index (χ2v) is 2.31. The number of hydrogen-bond acceptors (Lipinski definition) is 3. The Hall–Kier alpha value is -1.03. The second-order valence-electron chi connectivity index (χ2n) is 2.31. The number of hydrogen-bond donors (Lipinski definition) is 1. The summed E-state index contributed by atoms with van der Waals surface area (Å²) in [5, 5.41) is 8.80. The van der Waals surface area contributed by atoms with E-state index in [2.05, 4.69) is 4.98 Å². The van der Waals surface area contributed by atoms with Gasteiger partial charge in [0.1, 0.15) is 0 Å². The molecule has 0 spiro atoms. The van der Waals surface area contributed by atoms with Gasteiger partial charge in [-0.2, -0.15) is 0 Å². The van der Waals surface area contributed by atoms with Crippen LogP contribution in [0.1, 0.15) is 5.56 Å². The normalized spacial score (nSPS) is 9.36. The Bertz CT molecular complexity index is 252. The predicted octanol–water partition coefficient (Wildman–Crippen LogP) is -0.632. The summed E-state index contributed by atoms with van der Waals surface area (Å²) in [6.07, 6.45) is 1.62. The molecule has 1 aromatic heterocycles. The topological polar surface area (TPSA) is 42.4 Å². The molecule has 0 aromatic carbocycles. The highest BCUT2D eigenvalue weighted by Crippen LogP contribution is 2.04. The summed E-state index contributed by atoms with van der Waals surface area (Å²) in [5.74, 6) is 0.583. The first kappa shape index (κ1) is 8.08. The average Bonchev–Trinajstić information content (AvgIpc) is 2.04. The van der Waals surface area contributed by atoms with E-state index < -0.39 is 0 Å². The van der Waals surface area contributed by atoms with E-state index in [1.54, 1.807) is 19.4 Å². The molecular weight excluding hydrogens is 141 g/mol. The Morgan fingerprint density at radius 2 is 2.36 bits per heavy atom. The number of rotatable bonds is 2. The molecule has 0 aliphatic rings. The minimum atomic E-state index is 0.0306. The zero-order chi connectivity index (χ0) is 8.27. The van der Waals surface area contributed by atoms with Crippen molar-refractivity contribution in [3.8, 4) is 5.88 Å². The lowest BCUT2D eigenvalue weighted by molar-refractivity contribution is 0.397. The van der Waals surface area contributed by atoms with Crippen molar-refractivity contribution >= 4 is 12.9 Å². The van der Waals surface area contributed by atoms with Crippen LogP contribution < -0.4 is 10.2 Å². The molecule has 1 N–H and O–H groups in total. The number of ether oxygens (including phenoxy) is 1. The minimum Gasteiger partial charge on any atom is -0.481 e. The average molecular weight is 151 g/mol. The Balaban J connectivity index is 2.99. The van der Waals surface area contributed by atoms with Crippen LogP contribution in [0, 0.1) is 6.92 Å². The van der Waals surface area contributed by atoms with Gasteiger partial charge in [0, 0.05) is 12.3 Å². The van der Waals surface area contributed by atoms with Crippen molar-refractivity contribution in [2.75, 3.05) is 7.11 Å². The number of nitrogens with zero attached hydrogens (tertiary/aromatic N) is 1. The third-order valence-corrected chi connectivity index (χ3v) is 1.57. The molecule has 0 amide bonds. The smallest absolute Gasteiger partial charge is 0.306 e. The molecule has 0 saturated heterocycles. The fourth-order valence-electron chi connectivity index (χ4n) is 0.836. The molecular formula is C7H10BNO2. The maximum absolute atomic E-state index is 8.80. The first-order valence-electron chi connectivity index (χ1n) is 3.38. The molecule has 0 aliphatic heterocycles. The molecule has 0 aliphatic carbocycles. The first-order chi connectivity index (χ1) is 5.27. The van der Waals surface area contributed by atoms with Crippen LogP contribution in [0.5, 0.6) is 5.88 Å². The fourth-order valence-corrected chi connectivity index (χ4v) is 0.836. The molecule has 1 heterocycles. The summed E-state index contributed by atoms with van der Waals surface area (Å²) in [4.78, 5) is 3.95. The van der Waals surface area contributed by atoms with Crippen molar-refractivity contribution in [1.29, 1.82) is 0 Å². The van der Waals surface area contributed by atoms with Gasteiger partial charge in [-0.1, -0.05) is 0 Å². The van der Waals surface area contributed by atoms with Crippen molar-refractivity contribution in [3.63, 3.8) is 0 Å². The minimum absolute atomic E-state index is 0.0306. The summed E-state index contributed by atoms with van der Waals surface area (Å²) in [7, 11) is 1.60. The van der Waals surface area contributed by atoms with E-state index in [0.717, 1.165) is 11.0 Å². The van der Waals surface area contributed by atoms with E-state index >= 15 is 0 Å². The van der Waals surface area contributed by atoms with E-state index in [1.807, 2.05) is 6.92 Å². The van der Waals surface area contributed by atoms with Crippen LogP contribution in [0.4, 0.5) is 0 Å². The number of pyridine rings is 1. The Labute approximate surface area is 66.3 Å². The summed E-state index contributed by atoms with van der Waals surface area (Å²) in [5.41, 5.74) is 1.84. The van der Waals surface area contributed by atoms with Gasteiger partial charge in [0.2, 0.25) is 5.88 Å². The van der Waals surface area contributed by atoms with Gasteiger partial charge in [-0.25, -0.2) is 4.98 Å². The molecule has 11 heavy (non-hydrogen) atoms. The third-order valence-electron chi connectivity index (χ3n) is 1.57. The van der Waals surface area contributed by atoms with E-state index in [0.29, 0.717) is 5.88 Å². The van der Waals surface area contributed by atoms with Gasteiger partial charge < -0.3 is 9.76 Å². The van der Waals surface area contributed by atoms with Crippen LogP contribution >= 0.6 is 0 Å². The third kappa shape index (κ3) is 1.71. The SMILES string of the molecule is COc1cc(C)c(BO)cn1. The molecule has 1 aromatic rings. The summed E-state index contributed by atoms with van der Waals surface area (Å²) >= 11 is 0. The molecule has 0 fully saturated rings. The largest absolute Gasteiger partial charge is 0.481 e. The number of aryl methyl sites for hydroxylation is 1. The van der Waals surface area contributed by atoms with Crippen molar-refractivity contribution in [2.45, 2.75) is 6.92 Å². The van der Waals surface area contributed by atoms with Gasteiger partial charge in [-0.15, -0.1) is 0 Å². The van der Waals surface area contributed by atoms with E-state index in [-0.39, 0.29) is 7.48 Å². The molecule has 0 atom stereocenters. The van der Waals surface area contributed by atoms with E-state index in [9.17, 15) is 0 Å². The second kappa shape index (κ2) is 3.39. The van der Waals surface area contributed by atoms with Gasteiger partial charge in [-0.05, 0) is 17.9 Å². The number of aromatic nitrogens is 1. The maximum atomic E-state index is 8.80. The molecule has 1 rings (SSSR count). The van der Waals surface area contributed by atoms with Crippen LogP contribution in [-0.4, -0.2) is 24.6 Å². The zero-order valence-electron chi connectivity index (χ0n) is 6.66. The van der Waals surface area contributed by atoms with Crippen molar-refractivity contribution < 1.29 is 9.76 Å². The van der Waals surface area contributed by atoms with Crippen molar-refractivity contribution in [3.05, 3.63) is 17.8 Å². The van der Waals surface area contributed by atoms with Crippen LogP contribution in [0.2, 0.25) is 0 Å². The zero-order valence-corrected chi connectivity index (χ0v) is 6.66.